The van der Waals surface area contributed by atoms with Crippen LogP contribution in [0.15, 0.2) is 18.2 Å². The first-order valence-electron chi connectivity index (χ1n) is 7.47. The fourth-order valence-electron chi connectivity index (χ4n) is 3.09. The summed E-state index contributed by atoms with van der Waals surface area (Å²) in [7, 11) is 2.13. The zero-order valence-corrected chi connectivity index (χ0v) is 12.6. The Morgan fingerprint density at radius 1 is 0.905 bits per heavy atom. The molecule has 0 radical (unpaired) electrons. The molecule has 2 aliphatic rings. The molecule has 2 aliphatic heterocycles. The van der Waals surface area contributed by atoms with E-state index in [4.69, 9.17) is 0 Å². The largest absolute Gasteiger partial charge is 0.369 e. The minimum Gasteiger partial charge on any atom is -0.369 e. The van der Waals surface area contributed by atoms with E-state index in [1.165, 1.54) is 4.90 Å². The van der Waals surface area contributed by atoms with Gasteiger partial charge < -0.3 is 9.80 Å². The first-order valence-corrected chi connectivity index (χ1v) is 7.47. The van der Waals surface area contributed by atoms with Crippen molar-refractivity contribution in [3.8, 4) is 0 Å². The Morgan fingerprint density at radius 3 is 2.10 bits per heavy atom. The van der Waals surface area contributed by atoms with Crippen molar-refractivity contribution in [3.63, 3.8) is 0 Å². The van der Waals surface area contributed by atoms with Crippen LogP contribution in [0.3, 0.4) is 0 Å². The number of carbonyl (C=O) groups excluding carboxylic acids is 2. The maximum Gasteiger partial charge on any atom is 0.234 e. The third-order valence-electron chi connectivity index (χ3n) is 4.41. The third kappa shape index (κ3) is 2.53. The molecule has 5 heteroatoms. The summed E-state index contributed by atoms with van der Waals surface area (Å²) in [5.41, 5.74) is 2.90. The number of anilines is 2. The molecule has 21 heavy (non-hydrogen) atoms. The molecule has 112 valence electrons. The number of rotatable bonds is 2. The molecule has 0 aromatic heterocycles. The predicted molar refractivity (Wildman–Crippen MR) is 82.6 cm³/mol. The number of imide groups is 1. The molecule has 2 amide bonds. The average Bonchev–Trinajstić information content (AvgIpc) is 2.80. The van der Waals surface area contributed by atoms with Crippen molar-refractivity contribution in [2.24, 2.45) is 0 Å². The zero-order valence-electron chi connectivity index (χ0n) is 12.6. The summed E-state index contributed by atoms with van der Waals surface area (Å²) in [6.07, 6.45) is 0.661. The van der Waals surface area contributed by atoms with Crippen molar-refractivity contribution in [1.82, 2.24) is 4.90 Å². The van der Waals surface area contributed by atoms with E-state index in [1.807, 2.05) is 19.1 Å². The number of carbonyl (C=O) groups is 2. The van der Waals surface area contributed by atoms with Crippen molar-refractivity contribution < 1.29 is 9.59 Å². The van der Waals surface area contributed by atoms with Gasteiger partial charge in [-0.2, -0.15) is 0 Å². The highest BCUT2D eigenvalue weighted by molar-refractivity contribution is 6.20. The van der Waals surface area contributed by atoms with Gasteiger partial charge in [-0.3, -0.25) is 14.5 Å². The zero-order chi connectivity index (χ0) is 15.0. The lowest BCUT2D eigenvalue weighted by molar-refractivity contribution is -0.121. The van der Waals surface area contributed by atoms with Gasteiger partial charge in [0.25, 0.3) is 0 Å². The summed E-state index contributed by atoms with van der Waals surface area (Å²) in [5.74, 6) is -0.169. The Balaban J connectivity index is 1.92. The molecule has 2 heterocycles. The van der Waals surface area contributed by atoms with Gasteiger partial charge in [0.2, 0.25) is 11.8 Å². The van der Waals surface area contributed by atoms with E-state index in [9.17, 15) is 9.59 Å². The number of likely N-dealkylation sites (N-methyl/N-ethyl adjacent to an activating group) is 1. The third-order valence-corrected chi connectivity index (χ3v) is 4.41. The first kappa shape index (κ1) is 14.1. The topological polar surface area (TPSA) is 43.9 Å². The summed E-state index contributed by atoms with van der Waals surface area (Å²) in [5, 5.41) is 0. The molecule has 3 rings (SSSR count). The van der Waals surface area contributed by atoms with Crippen LogP contribution in [0.25, 0.3) is 0 Å². The molecular formula is C16H21N3O2. The Kier molecular flexibility index (Phi) is 3.68. The van der Waals surface area contributed by atoms with Gasteiger partial charge in [0.05, 0.1) is 5.69 Å². The molecule has 0 spiro atoms. The van der Waals surface area contributed by atoms with Crippen LogP contribution in [0.1, 0.15) is 18.4 Å². The second-order valence-corrected chi connectivity index (χ2v) is 5.83. The quantitative estimate of drug-likeness (QED) is 0.771. The van der Waals surface area contributed by atoms with Gasteiger partial charge in [-0.15, -0.1) is 0 Å². The maximum absolute atomic E-state index is 12.0. The van der Waals surface area contributed by atoms with Crippen molar-refractivity contribution in [2.45, 2.75) is 19.8 Å². The number of amides is 2. The lowest BCUT2D eigenvalue weighted by Gasteiger charge is -2.35. The fraction of sp³-hybridized carbons (Fsp3) is 0.500. The van der Waals surface area contributed by atoms with Crippen molar-refractivity contribution in [1.29, 1.82) is 0 Å². The maximum atomic E-state index is 12.0. The summed E-state index contributed by atoms with van der Waals surface area (Å²) in [6, 6.07) is 5.89. The molecule has 1 aromatic rings. The monoisotopic (exact) mass is 287 g/mol. The summed E-state index contributed by atoms with van der Waals surface area (Å²) in [4.78, 5) is 29.9. The molecule has 0 atom stereocenters. The SMILES string of the molecule is Cc1c(N2CCN(C)CC2)cccc1N1C(=O)CCC1=O. The highest BCUT2D eigenvalue weighted by atomic mass is 16.2. The Bertz CT molecular complexity index is 561. The minimum atomic E-state index is -0.0846. The van der Waals surface area contributed by atoms with Gasteiger partial charge in [-0.25, -0.2) is 0 Å². The average molecular weight is 287 g/mol. The van der Waals surface area contributed by atoms with Crippen molar-refractivity contribution >= 4 is 23.2 Å². The molecule has 2 fully saturated rings. The molecular weight excluding hydrogens is 266 g/mol. The smallest absolute Gasteiger partial charge is 0.234 e. The molecule has 0 aliphatic carbocycles. The van der Waals surface area contributed by atoms with Crippen molar-refractivity contribution in [3.05, 3.63) is 23.8 Å². The second kappa shape index (κ2) is 5.48. The van der Waals surface area contributed by atoms with Crippen LogP contribution in [-0.2, 0) is 9.59 Å². The van der Waals surface area contributed by atoms with E-state index in [2.05, 4.69) is 22.9 Å². The van der Waals surface area contributed by atoms with Gasteiger partial charge in [0.1, 0.15) is 0 Å². The van der Waals surface area contributed by atoms with Gasteiger partial charge in [0.15, 0.2) is 0 Å². The van der Waals surface area contributed by atoms with Crippen LogP contribution < -0.4 is 9.80 Å². The normalized spacial score (nSPS) is 20.5. The van der Waals surface area contributed by atoms with Crippen LogP contribution in [0.5, 0.6) is 0 Å². The van der Waals surface area contributed by atoms with Crippen LogP contribution in [0.4, 0.5) is 11.4 Å². The molecule has 0 saturated carbocycles. The van der Waals surface area contributed by atoms with E-state index in [0.29, 0.717) is 12.8 Å². The van der Waals surface area contributed by atoms with E-state index in [-0.39, 0.29) is 11.8 Å². The van der Waals surface area contributed by atoms with Crippen LogP contribution in [0.2, 0.25) is 0 Å². The molecule has 0 N–H and O–H groups in total. The van der Waals surface area contributed by atoms with Gasteiger partial charge in [0, 0.05) is 44.7 Å². The number of nitrogens with zero attached hydrogens (tertiary/aromatic N) is 3. The predicted octanol–water partition coefficient (Wildman–Crippen LogP) is 1.40. The minimum absolute atomic E-state index is 0.0846. The van der Waals surface area contributed by atoms with E-state index in [1.54, 1.807) is 0 Å². The lowest BCUT2D eigenvalue weighted by atomic mass is 10.1. The molecule has 0 bridgehead atoms. The van der Waals surface area contributed by atoms with Gasteiger partial charge in [-0.1, -0.05) is 6.07 Å². The molecule has 0 unspecified atom stereocenters. The number of hydrogen-bond donors (Lipinski definition) is 0. The number of hydrogen-bond acceptors (Lipinski definition) is 4. The Hall–Kier alpha value is -1.88. The standard InChI is InChI=1S/C16H21N3O2/c1-12-13(18-10-8-17(2)9-11-18)4-3-5-14(12)19-15(20)6-7-16(19)21/h3-5H,6-11H2,1-2H3. The first-order chi connectivity index (χ1) is 10.1. The Morgan fingerprint density at radius 2 is 1.48 bits per heavy atom. The van der Waals surface area contributed by atoms with E-state index < -0.39 is 0 Å². The molecule has 2 saturated heterocycles. The van der Waals surface area contributed by atoms with E-state index >= 15 is 0 Å². The van der Waals surface area contributed by atoms with Gasteiger partial charge >= 0.3 is 0 Å². The van der Waals surface area contributed by atoms with Crippen LogP contribution in [0, 0.1) is 6.92 Å². The number of piperazine rings is 1. The Labute approximate surface area is 125 Å². The lowest BCUT2D eigenvalue weighted by Crippen LogP contribution is -2.44. The van der Waals surface area contributed by atoms with Crippen LogP contribution >= 0.6 is 0 Å². The molecule has 1 aromatic carbocycles. The number of benzene rings is 1. The van der Waals surface area contributed by atoms with Crippen LogP contribution in [-0.4, -0.2) is 49.9 Å². The summed E-state index contributed by atoms with van der Waals surface area (Å²) < 4.78 is 0. The van der Waals surface area contributed by atoms with Crippen molar-refractivity contribution in [2.75, 3.05) is 43.0 Å². The highest BCUT2D eigenvalue weighted by Crippen LogP contribution is 2.32. The fourth-order valence-corrected chi connectivity index (χ4v) is 3.09. The van der Waals surface area contributed by atoms with Gasteiger partial charge in [-0.05, 0) is 31.7 Å². The second-order valence-electron chi connectivity index (χ2n) is 5.83. The summed E-state index contributed by atoms with van der Waals surface area (Å²) >= 11 is 0. The summed E-state index contributed by atoms with van der Waals surface area (Å²) in [6.45, 7) is 6.02. The highest BCUT2D eigenvalue weighted by Gasteiger charge is 2.32. The van der Waals surface area contributed by atoms with E-state index in [0.717, 1.165) is 43.1 Å². The molecule has 5 nitrogen and oxygen atoms in total.